The first-order valence-electron chi connectivity index (χ1n) is 6.03. The van der Waals surface area contributed by atoms with Gasteiger partial charge in [0, 0.05) is 5.41 Å². The first-order valence-corrected chi connectivity index (χ1v) is 6.03. The number of esters is 1. The Labute approximate surface area is 118 Å². The third-order valence-electron chi connectivity index (χ3n) is 2.50. The van der Waals surface area contributed by atoms with Crippen LogP contribution in [0.3, 0.4) is 0 Å². The van der Waals surface area contributed by atoms with Crippen molar-refractivity contribution < 1.29 is 23.7 Å². The molecule has 0 saturated heterocycles. The number of nitrogens with zero attached hydrogens (tertiary/aromatic N) is 2. The summed E-state index contributed by atoms with van der Waals surface area (Å²) in [4.78, 5) is 19.9. The molecule has 0 radical (unpaired) electrons. The fourth-order valence-corrected chi connectivity index (χ4v) is 1.44. The fraction of sp³-hybridized carbons (Fsp3) is 0.615. The molecule has 0 amide bonds. The number of carbonyl (C=O) groups excluding carboxylic acids is 1. The van der Waals surface area contributed by atoms with Crippen LogP contribution in [0.5, 0.6) is 17.8 Å². The van der Waals surface area contributed by atoms with E-state index in [9.17, 15) is 4.79 Å². The molecule has 1 aromatic rings. The summed E-state index contributed by atoms with van der Waals surface area (Å²) in [5.74, 6) is 0.0663. The van der Waals surface area contributed by atoms with Gasteiger partial charge in [0.1, 0.15) is 0 Å². The number of carbonyl (C=O) groups is 1. The van der Waals surface area contributed by atoms with E-state index < -0.39 is 17.5 Å². The predicted molar refractivity (Wildman–Crippen MR) is 71.0 cm³/mol. The van der Waals surface area contributed by atoms with Crippen LogP contribution in [0.4, 0.5) is 0 Å². The summed E-state index contributed by atoms with van der Waals surface area (Å²) >= 11 is 0. The van der Waals surface area contributed by atoms with Crippen LogP contribution in [-0.2, 0) is 9.53 Å². The third-order valence-corrected chi connectivity index (χ3v) is 2.50. The van der Waals surface area contributed by atoms with Crippen LogP contribution in [0.1, 0.15) is 20.8 Å². The molecule has 7 heteroatoms. The minimum atomic E-state index is -0.843. The fourth-order valence-electron chi connectivity index (χ4n) is 1.44. The Balaban J connectivity index is 3.07. The van der Waals surface area contributed by atoms with Crippen LogP contribution in [0.25, 0.3) is 0 Å². The lowest BCUT2D eigenvalue weighted by Gasteiger charge is -2.27. The SMILES string of the molecule is COC(=O)[C@@H](Oc1nc(OC)cc(OC)n1)C(C)(C)C. The molecule has 1 atom stereocenters. The lowest BCUT2D eigenvalue weighted by Crippen LogP contribution is -2.40. The molecule has 112 valence electrons. The smallest absolute Gasteiger partial charge is 0.347 e. The van der Waals surface area contributed by atoms with Crippen LogP contribution in [0.2, 0.25) is 0 Å². The molecular weight excluding hydrogens is 264 g/mol. The zero-order chi connectivity index (χ0) is 15.3. The Morgan fingerprint density at radius 3 is 1.95 bits per heavy atom. The van der Waals surface area contributed by atoms with Gasteiger partial charge in [-0.25, -0.2) is 4.79 Å². The van der Waals surface area contributed by atoms with Crippen molar-refractivity contribution in [3.05, 3.63) is 6.07 Å². The normalized spacial score (nSPS) is 12.5. The predicted octanol–water partition coefficient (Wildman–Crippen LogP) is 1.46. The highest BCUT2D eigenvalue weighted by molar-refractivity contribution is 5.75. The van der Waals surface area contributed by atoms with Gasteiger partial charge in [-0.05, 0) is 0 Å². The van der Waals surface area contributed by atoms with Crippen molar-refractivity contribution in [2.45, 2.75) is 26.9 Å². The number of ether oxygens (including phenoxy) is 4. The van der Waals surface area contributed by atoms with Gasteiger partial charge in [0.15, 0.2) is 0 Å². The van der Waals surface area contributed by atoms with Crippen LogP contribution < -0.4 is 14.2 Å². The number of methoxy groups -OCH3 is 3. The van der Waals surface area contributed by atoms with E-state index in [2.05, 4.69) is 9.97 Å². The molecular formula is C13H20N2O5. The number of hydrogen-bond donors (Lipinski definition) is 0. The van der Waals surface area contributed by atoms with Crippen molar-refractivity contribution in [1.29, 1.82) is 0 Å². The summed E-state index contributed by atoms with van der Waals surface area (Å²) < 4.78 is 20.4. The first kappa shape index (κ1) is 16.0. The van der Waals surface area contributed by atoms with Gasteiger partial charge < -0.3 is 18.9 Å². The van der Waals surface area contributed by atoms with Gasteiger partial charge in [-0.3, -0.25) is 0 Å². The molecule has 1 aromatic heterocycles. The molecule has 0 saturated carbocycles. The molecule has 0 aliphatic carbocycles. The molecule has 1 rings (SSSR count). The van der Waals surface area contributed by atoms with Gasteiger partial charge in [-0.15, -0.1) is 0 Å². The zero-order valence-corrected chi connectivity index (χ0v) is 12.6. The topological polar surface area (TPSA) is 79.8 Å². The summed E-state index contributed by atoms with van der Waals surface area (Å²) in [7, 11) is 4.23. The summed E-state index contributed by atoms with van der Waals surface area (Å²) in [6.07, 6.45) is -0.843. The molecule has 0 aliphatic rings. The van der Waals surface area contributed by atoms with E-state index in [1.165, 1.54) is 27.4 Å². The molecule has 0 N–H and O–H groups in total. The summed E-state index contributed by atoms with van der Waals surface area (Å²) in [5.41, 5.74) is -0.479. The maximum Gasteiger partial charge on any atom is 0.347 e. The van der Waals surface area contributed by atoms with Crippen LogP contribution >= 0.6 is 0 Å². The molecule has 0 aromatic carbocycles. The Kier molecular flexibility index (Phi) is 5.12. The van der Waals surface area contributed by atoms with Gasteiger partial charge in [0.2, 0.25) is 17.9 Å². The second-order valence-electron chi connectivity index (χ2n) is 5.12. The van der Waals surface area contributed by atoms with Gasteiger partial charge in [-0.2, -0.15) is 9.97 Å². The molecule has 0 fully saturated rings. The maximum atomic E-state index is 11.8. The Bertz CT molecular complexity index is 448. The molecule has 0 unspecified atom stereocenters. The molecule has 0 spiro atoms. The van der Waals surface area contributed by atoms with E-state index >= 15 is 0 Å². The van der Waals surface area contributed by atoms with Crippen LogP contribution in [0.15, 0.2) is 6.07 Å². The first-order chi connectivity index (χ1) is 9.31. The van der Waals surface area contributed by atoms with Crippen molar-refractivity contribution in [2.24, 2.45) is 5.41 Å². The molecule has 20 heavy (non-hydrogen) atoms. The maximum absolute atomic E-state index is 11.8. The second kappa shape index (κ2) is 6.40. The van der Waals surface area contributed by atoms with E-state index in [4.69, 9.17) is 18.9 Å². The van der Waals surface area contributed by atoms with Crippen LogP contribution in [0, 0.1) is 5.41 Å². The Morgan fingerprint density at radius 2 is 1.60 bits per heavy atom. The van der Waals surface area contributed by atoms with Gasteiger partial charge >= 0.3 is 12.0 Å². The van der Waals surface area contributed by atoms with Crippen LogP contribution in [-0.4, -0.2) is 43.4 Å². The van der Waals surface area contributed by atoms with Gasteiger partial charge in [0.25, 0.3) is 0 Å². The number of hydrogen-bond acceptors (Lipinski definition) is 7. The zero-order valence-electron chi connectivity index (χ0n) is 12.6. The standard InChI is InChI=1S/C13H20N2O5/c1-13(2,3)10(11(16)19-6)20-12-14-8(17-4)7-9(15-12)18-5/h7,10H,1-6H3/t10-/m1/s1. The largest absolute Gasteiger partial charge is 0.481 e. The molecule has 0 bridgehead atoms. The molecule has 1 heterocycles. The number of rotatable bonds is 5. The van der Waals surface area contributed by atoms with Crippen molar-refractivity contribution in [3.8, 4) is 17.8 Å². The highest BCUT2D eigenvalue weighted by atomic mass is 16.6. The van der Waals surface area contributed by atoms with Crippen molar-refractivity contribution in [3.63, 3.8) is 0 Å². The lowest BCUT2D eigenvalue weighted by atomic mass is 9.89. The Morgan fingerprint density at radius 1 is 1.10 bits per heavy atom. The average Bonchev–Trinajstić information content (AvgIpc) is 2.42. The monoisotopic (exact) mass is 284 g/mol. The van der Waals surface area contributed by atoms with E-state index in [1.807, 2.05) is 20.8 Å². The summed E-state index contributed by atoms with van der Waals surface area (Å²) in [6, 6.07) is 1.50. The average molecular weight is 284 g/mol. The number of aromatic nitrogens is 2. The van der Waals surface area contributed by atoms with Crippen molar-refractivity contribution >= 4 is 5.97 Å². The van der Waals surface area contributed by atoms with E-state index in [0.29, 0.717) is 0 Å². The highest BCUT2D eigenvalue weighted by Crippen LogP contribution is 2.26. The molecule has 7 nitrogen and oxygen atoms in total. The summed E-state index contributed by atoms with van der Waals surface area (Å²) in [6.45, 7) is 5.56. The van der Waals surface area contributed by atoms with E-state index in [1.54, 1.807) is 0 Å². The lowest BCUT2D eigenvalue weighted by molar-refractivity contribution is -0.154. The van der Waals surface area contributed by atoms with E-state index in [-0.39, 0.29) is 17.8 Å². The Hall–Kier alpha value is -2.05. The van der Waals surface area contributed by atoms with E-state index in [0.717, 1.165) is 0 Å². The van der Waals surface area contributed by atoms with Crippen molar-refractivity contribution in [1.82, 2.24) is 9.97 Å². The highest BCUT2D eigenvalue weighted by Gasteiger charge is 2.35. The third kappa shape index (κ3) is 3.97. The van der Waals surface area contributed by atoms with Gasteiger partial charge in [-0.1, -0.05) is 20.8 Å². The second-order valence-corrected chi connectivity index (χ2v) is 5.12. The van der Waals surface area contributed by atoms with Crippen molar-refractivity contribution in [2.75, 3.05) is 21.3 Å². The molecule has 0 aliphatic heterocycles. The quantitative estimate of drug-likeness (QED) is 0.757. The summed E-state index contributed by atoms with van der Waals surface area (Å²) in [5, 5.41) is 0. The minimum Gasteiger partial charge on any atom is -0.481 e. The minimum absolute atomic E-state index is 0.00785. The van der Waals surface area contributed by atoms with Gasteiger partial charge in [0.05, 0.1) is 27.4 Å².